The fourth-order valence-corrected chi connectivity index (χ4v) is 2.64. The van der Waals surface area contributed by atoms with Crippen molar-refractivity contribution in [2.75, 3.05) is 20.2 Å². The Morgan fingerprint density at radius 2 is 2.24 bits per heavy atom. The smallest absolute Gasteiger partial charge is 0.409 e. The average molecular weight is 290 g/mol. The third-order valence-electron chi connectivity index (χ3n) is 3.77. The number of ether oxygens (including phenoxy) is 1. The van der Waals surface area contributed by atoms with Crippen molar-refractivity contribution in [2.24, 2.45) is 5.92 Å². The summed E-state index contributed by atoms with van der Waals surface area (Å²) in [4.78, 5) is 25.3. The Bertz CT molecular complexity index is 516. The van der Waals surface area contributed by atoms with Crippen LogP contribution >= 0.6 is 0 Å². The minimum absolute atomic E-state index is 0.00473. The van der Waals surface area contributed by atoms with Crippen LogP contribution in [0.1, 0.15) is 24.0 Å². The highest BCUT2D eigenvalue weighted by Crippen LogP contribution is 2.17. The maximum atomic E-state index is 12.2. The van der Waals surface area contributed by atoms with Gasteiger partial charge in [-0.3, -0.25) is 4.79 Å². The van der Waals surface area contributed by atoms with Gasteiger partial charge in [0, 0.05) is 19.6 Å². The Labute approximate surface area is 125 Å². The molecule has 114 valence electrons. The molecule has 21 heavy (non-hydrogen) atoms. The summed E-state index contributed by atoms with van der Waals surface area (Å²) >= 11 is 0. The van der Waals surface area contributed by atoms with Gasteiger partial charge in [-0.2, -0.15) is 0 Å². The molecule has 2 amide bonds. The highest BCUT2D eigenvalue weighted by Gasteiger charge is 2.28. The third-order valence-corrected chi connectivity index (χ3v) is 3.77. The molecule has 1 aliphatic heterocycles. The number of aryl methyl sites for hydroxylation is 1. The van der Waals surface area contributed by atoms with Gasteiger partial charge in [-0.25, -0.2) is 4.79 Å². The number of piperidine rings is 1. The minimum atomic E-state index is -0.355. The second-order valence-corrected chi connectivity index (χ2v) is 5.46. The van der Waals surface area contributed by atoms with Crippen molar-refractivity contribution >= 4 is 12.0 Å². The van der Waals surface area contributed by atoms with Gasteiger partial charge in [0.15, 0.2) is 0 Å². The van der Waals surface area contributed by atoms with E-state index in [-0.39, 0.29) is 17.9 Å². The van der Waals surface area contributed by atoms with Gasteiger partial charge in [0.25, 0.3) is 0 Å². The molecule has 1 aromatic carbocycles. The number of rotatable bonds is 3. The van der Waals surface area contributed by atoms with Gasteiger partial charge >= 0.3 is 6.09 Å². The molecular weight excluding hydrogens is 268 g/mol. The number of carbonyl (C=O) groups excluding carboxylic acids is 2. The Morgan fingerprint density at radius 3 is 2.95 bits per heavy atom. The van der Waals surface area contributed by atoms with E-state index >= 15 is 0 Å². The lowest BCUT2D eigenvalue weighted by atomic mass is 9.97. The molecule has 5 heteroatoms. The summed E-state index contributed by atoms with van der Waals surface area (Å²) in [6, 6.07) is 8.06. The SMILES string of the molecule is COC(=O)N1CCCC(C(=O)NCc2cccc(C)c2)C1. The molecule has 1 unspecified atom stereocenters. The van der Waals surface area contributed by atoms with Crippen molar-refractivity contribution < 1.29 is 14.3 Å². The molecule has 5 nitrogen and oxygen atoms in total. The number of benzene rings is 1. The highest BCUT2D eigenvalue weighted by molar-refractivity contribution is 5.80. The number of amides is 2. The molecule has 0 spiro atoms. The van der Waals surface area contributed by atoms with Crippen LogP contribution in [0.2, 0.25) is 0 Å². The van der Waals surface area contributed by atoms with Gasteiger partial charge in [-0.05, 0) is 25.3 Å². The molecule has 0 aromatic heterocycles. The number of methoxy groups -OCH3 is 1. The van der Waals surface area contributed by atoms with E-state index < -0.39 is 0 Å². The topological polar surface area (TPSA) is 58.6 Å². The van der Waals surface area contributed by atoms with Gasteiger partial charge in [0.2, 0.25) is 5.91 Å². The molecule has 0 radical (unpaired) electrons. The van der Waals surface area contributed by atoms with Crippen molar-refractivity contribution in [3.05, 3.63) is 35.4 Å². The van der Waals surface area contributed by atoms with E-state index in [0.717, 1.165) is 18.4 Å². The molecule has 1 aliphatic rings. The van der Waals surface area contributed by atoms with Crippen LogP contribution in [0.5, 0.6) is 0 Å². The normalized spacial score (nSPS) is 18.2. The number of nitrogens with zero attached hydrogens (tertiary/aromatic N) is 1. The molecule has 2 rings (SSSR count). The van der Waals surface area contributed by atoms with Crippen LogP contribution in [0.15, 0.2) is 24.3 Å². The molecule has 0 saturated carbocycles. The van der Waals surface area contributed by atoms with Gasteiger partial charge in [-0.1, -0.05) is 29.8 Å². The van der Waals surface area contributed by atoms with Crippen LogP contribution in [0.4, 0.5) is 4.79 Å². The van der Waals surface area contributed by atoms with Crippen LogP contribution < -0.4 is 5.32 Å². The average Bonchev–Trinajstić information content (AvgIpc) is 2.52. The predicted octanol–water partition coefficient (Wildman–Crippen LogP) is 2.09. The van der Waals surface area contributed by atoms with Crippen molar-refractivity contribution in [1.29, 1.82) is 0 Å². The van der Waals surface area contributed by atoms with Crippen molar-refractivity contribution in [3.8, 4) is 0 Å². The van der Waals surface area contributed by atoms with Crippen molar-refractivity contribution in [1.82, 2.24) is 10.2 Å². The Kier molecular flexibility index (Phi) is 5.20. The van der Waals surface area contributed by atoms with E-state index in [0.29, 0.717) is 19.6 Å². The third kappa shape index (κ3) is 4.21. The second-order valence-electron chi connectivity index (χ2n) is 5.46. The molecule has 0 aliphatic carbocycles. The van der Waals surface area contributed by atoms with Gasteiger partial charge in [0.05, 0.1) is 13.0 Å². The lowest BCUT2D eigenvalue weighted by molar-refractivity contribution is -0.126. The van der Waals surface area contributed by atoms with E-state index in [2.05, 4.69) is 11.4 Å². The zero-order valence-electron chi connectivity index (χ0n) is 12.6. The van der Waals surface area contributed by atoms with Crippen molar-refractivity contribution in [2.45, 2.75) is 26.3 Å². The van der Waals surface area contributed by atoms with E-state index in [1.807, 2.05) is 25.1 Å². The number of likely N-dealkylation sites (tertiary alicyclic amines) is 1. The Balaban J connectivity index is 1.86. The Hall–Kier alpha value is -2.04. The first-order chi connectivity index (χ1) is 10.1. The van der Waals surface area contributed by atoms with Crippen LogP contribution in [0.25, 0.3) is 0 Å². The number of hydrogen-bond acceptors (Lipinski definition) is 3. The first-order valence-corrected chi connectivity index (χ1v) is 7.26. The van der Waals surface area contributed by atoms with Crippen LogP contribution in [0, 0.1) is 12.8 Å². The molecule has 1 aromatic rings. The zero-order chi connectivity index (χ0) is 15.2. The molecule has 1 saturated heterocycles. The summed E-state index contributed by atoms with van der Waals surface area (Å²) in [5.74, 6) is -0.146. The second kappa shape index (κ2) is 7.11. The number of carbonyl (C=O) groups is 2. The molecule has 1 heterocycles. The lowest BCUT2D eigenvalue weighted by Crippen LogP contribution is -2.45. The minimum Gasteiger partial charge on any atom is -0.453 e. The number of hydrogen-bond donors (Lipinski definition) is 1. The van der Waals surface area contributed by atoms with E-state index in [4.69, 9.17) is 4.74 Å². The summed E-state index contributed by atoms with van der Waals surface area (Å²) in [6.45, 7) is 3.65. The standard InChI is InChI=1S/C16H22N2O3/c1-12-5-3-6-13(9-12)10-17-15(19)14-7-4-8-18(11-14)16(20)21-2/h3,5-6,9,14H,4,7-8,10-11H2,1-2H3,(H,17,19). The summed E-state index contributed by atoms with van der Waals surface area (Å²) in [6.07, 6.45) is 1.29. The van der Waals surface area contributed by atoms with Gasteiger partial charge < -0.3 is 15.0 Å². The Morgan fingerprint density at radius 1 is 1.43 bits per heavy atom. The monoisotopic (exact) mass is 290 g/mol. The molecule has 0 bridgehead atoms. The first-order valence-electron chi connectivity index (χ1n) is 7.26. The fraction of sp³-hybridized carbons (Fsp3) is 0.500. The predicted molar refractivity (Wildman–Crippen MR) is 79.7 cm³/mol. The largest absolute Gasteiger partial charge is 0.453 e. The first kappa shape index (κ1) is 15.4. The number of nitrogens with one attached hydrogen (secondary N) is 1. The fourth-order valence-electron chi connectivity index (χ4n) is 2.64. The van der Waals surface area contributed by atoms with Crippen LogP contribution in [0.3, 0.4) is 0 Å². The zero-order valence-corrected chi connectivity index (χ0v) is 12.6. The lowest BCUT2D eigenvalue weighted by Gasteiger charge is -2.30. The van der Waals surface area contributed by atoms with E-state index in [1.54, 1.807) is 4.90 Å². The van der Waals surface area contributed by atoms with Crippen LogP contribution in [-0.2, 0) is 16.1 Å². The summed E-state index contributed by atoms with van der Waals surface area (Å²) in [7, 11) is 1.36. The van der Waals surface area contributed by atoms with E-state index in [9.17, 15) is 9.59 Å². The van der Waals surface area contributed by atoms with Gasteiger partial charge in [0.1, 0.15) is 0 Å². The molecular formula is C16H22N2O3. The quantitative estimate of drug-likeness (QED) is 0.927. The highest BCUT2D eigenvalue weighted by atomic mass is 16.5. The van der Waals surface area contributed by atoms with Crippen molar-refractivity contribution in [3.63, 3.8) is 0 Å². The summed E-state index contributed by atoms with van der Waals surface area (Å²) in [5, 5.41) is 2.96. The molecule has 1 N–H and O–H groups in total. The van der Waals surface area contributed by atoms with E-state index in [1.165, 1.54) is 12.7 Å². The maximum Gasteiger partial charge on any atom is 0.409 e. The van der Waals surface area contributed by atoms with Crippen LogP contribution in [-0.4, -0.2) is 37.1 Å². The molecule has 1 atom stereocenters. The summed E-state index contributed by atoms with van der Waals surface area (Å²) in [5.41, 5.74) is 2.26. The molecule has 1 fully saturated rings. The maximum absolute atomic E-state index is 12.2. The van der Waals surface area contributed by atoms with Gasteiger partial charge in [-0.15, -0.1) is 0 Å². The summed E-state index contributed by atoms with van der Waals surface area (Å²) < 4.78 is 4.72.